The van der Waals surface area contributed by atoms with Gasteiger partial charge in [-0.2, -0.15) is 4.98 Å². The van der Waals surface area contributed by atoms with Crippen molar-refractivity contribution in [2.45, 2.75) is 71.8 Å². The average molecular weight is 579 g/mol. The van der Waals surface area contributed by atoms with Gasteiger partial charge in [-0.1, -0.05) is 24.1 Å². The number of nitrogens with two attached hydrogens (primary N) is 1. The van der Waals surface area contributed by atoms with Crippen molar-refractivity contribution in [3.63, 3.8) is 0 Å². The van der Waals surface area contributed by atoms with E-state index in [9.17, 15) is 19.2 Å². The average Bonchev–Trinajstić information content (AvgIpc) is 3.31. The molecule has 2 aromatic heterocycles. The van der Waals surface area contributed by atoms with Crippen molar-refractivity contribution in [2.24, 2.45) is 7.05 Å². The van der Waals surface area contributed by atoms with E-state index in [0.717, 1.165) is 23.0 Å². The van der Waals surface area contributed by atoms with E-state index in [-0.39, 0.29) is 30.3 Å². The second-order valence-corrected chi connectivity index (χ2v) is 11.2. The number of hydrogen-bond donors (Lipinski definition) is 3. The number of nitrogens with one attached hydrogen (secondary N) is 2. The molecule has 1 fully saturated rings. The number of aromatic nitrogens is 4. The quantitative estimate of drug-likeness (QED) is 0.280. The van der Waals surface area contributed by atoms with Gasteiger partial charge in [-0.15, -0.1) is 5.92 Å². The number of piperidine rings is 1. The molecular weight excluding hydrogens is 540 g/mol. The Bertz CT molecular complexity index is 1670. The lowest BCUT2D eigenvalue weighted by Crippen LogP contribution is -2.49. The highest BCUT2D eigenvalue weighted by molar-refractivity contribution is 5.78. The van der Waals surface area contributed by atoms with Gasteiger partial charge in [-0.05, 0) is 52.2 Å². The van der Waals surface area contributed by atoms with E-state index in [1.165, 1.54) is 11.6 Å². The predicted molar refractivity (Wildman–Crippen MR) is 160 cm³/mol. The molecule has 224 valence electrons. The van der Waals surface area contributed by atoms with Crippen molar-refractivity contribution in [2.75, 3.05) is 23.7 Å². The van der Waals surface area contributed by atoms with E-state index in [0.29, 0.717) is 24.7 Å². The van der Waals surface area contributed by atoms with Crippen molar-refractivity contribution in [3.05, 3.63) is 50.7 Å². The molecule has 1 unspecified atom stereocenters. The minimum absolute atomic E-state index is 0.149. The number of alkyl carbamates (subject to hydrolysis) is 1. The first-order valence-electron chi connectivity index (χ1n) is 13.8. The Kier molecular flexibility index (Phi) is 8.94. The number of ether oxygens (including phenoxy) is 1. The molecule has 2 amide bonds. The number of benzene rings is 1. The molecule has 1 aliphatic heterocycles. The molecule has 4 rings (SSSR count). The lowest BCUT2D eigenvalue weighted by molar-refractivity contribution is -0.121. The third kappa shape index (κ3) is 6.76. The summed E-state index contributed by atoms with van der Waals surface area (Å²) in [5.41, 5.74) is 5.64. The number of carbonyl (C=O) groups is 2. The molecule has 3 aromatic rings. The molecule has 0 bridgehead atoms. The van der Waals surface area contributed by atoms with Gasteiger partial charge in [-0.3, -0.25) is 18.7 Å². The number of anilines is 2. The number of nitrogens with zero attached hydrogens (tertiary/aromatic N) is 5. The minimum Gasteiger partial charge on any atom is -0.444 e. The molecule has 0 saturated carbocycles. The topological polar surface area (TPSA) is 159 Å². The summed E-state index contributed by atoms with van der Waals surface area (Å²) in [6, 6.07) is 6.91. The van der Waals surface area contributed by atoms with Gasteiger partial charge in [0.05, 0.1) is 6.54 Å². The highest BCUT2D eigenvalue weighted by Crippen LogP contribution is 2.23. The van der Waals surface area contributed by atoms with Crippen LogP contribution in [0.5, 0.6) is 0 Å². The molecule has 1 atom stereocenters. The summed E-state index contributed by atoms with van der Waals surface area (Å²) in [7, 11) is 1.51. The van der Waals surface area contributed by atoms with Gasteiger partial charge in [0.25, 0.3) is 5.56 Å². The van der Waals surface area contributed by atoms with Gasteiger partial charge in [0.2, 0.25) is 11.9 Å². The second-order valence-electron chi connectivity index (χ2n) is 11.2. The Hall–Kier alpha value is -4.73. The first kappa shape index (κ1) is 30.2. The summed E-state index contributed by atoms with van der Waals surface area (Å²) in [4.78, 5) is 58.9. The van der Waals surface area contributed by atoms with Crippen LogP contribution in [0.4, 0.5) is 16.4 Å². The van der Waals surface area contributed by atoms with Crippen molar-refractivity contribution in [1.29, 1.82) is 0 Å². The van der Waals surface area contributed by atoms with Gasteiger partial charge >= 0.3 is 11.8 Å². The Morgan fingerprint density at radius 1 is 1.19 bits per heavy atom. The van der Waals surface area contributed by atoms with Crippen molar-refractivity contribution < 1.29 is 14.3 Å². The van der Waals surface area contributed by atoms with E-state index in [4.69, 9.17) is 15.5 Å². The summed E-state index contributed by atoms with van der Waals surface area (Å²) in [5, 5.41) is 5.65. The van der Waals surface area contributed by atoms with Gasteiger partial charge < -0.3 is 26.0 Å². The fourth-order valence-electron chi connectivity index (χ4n) is 4.89. The smallest absolute Gasteiger partial charge is 0.407 e. The van der Waals surface area contributed by atoms with Crippen LogP contribution in [0.15, 0.2) is 33.9 Å². The number of hydrogen-bond acceptors (Lipinski definition) is 8. The van der Waals surface area contributed by atoms with Crippen LogP contribution in [0.25, 0.3) is 11.2 Å². The maximum atomic E-state index is 13.7. The monoisotopic (exact) mass is 578 g/mol. The molecule has 42 heavy (non-hydrogen) atoms. The molecule has 0 aliphatic carbocycles. The summed E-state index contributed by atoms with van der Waals surface area (Å²) < 4.78 is 9.25. The Balaban J connectivity index is 1.65. The highest BCUT2D eigenvalue weighted by Gasteiger charge is 2.29. The van der Waals surface area contributed by atoms with Crippen LogP contribution in [0.1, 0.15) is 46.1 Å². The third-order valence-corrected chi connectivity index (χ3v) is 6.88. The fourth-order valence-corrected chi connectivity index (χ4v) is 4.89. The number of carbonyl (C=O) groups excluding carboxylic acids is 2. The van der Waals surface area contributed by atoms with Crippen molar-refractivity contribution >= 4 is 34.8 Å². The van der Waals surface area contributed by atoms with Gasteiger partial charge in [-0.25, -0.2) is 14.2 Å². The van der Waals surface area contributed by atoms with E-state index < -0.39 is 35.4 Å². The summed E-state index contributed by atoms with van der Waals surface area (Å²) in [6.07, 6.45) is 1.01. The molecular formula is C29H38N8O5. The van der Waals surface area contributed by atoms with Crippen LogP contribution in [-0.2, 0) is 36.2 Å². The molecule has 4 N–H and O–H groups in total. The molecule has 3 heterocycles. The van der Waals surface area contributed by atoms with Crippen LogP contribution in [0.2, 0.25) is 0 Å². The lowest BCUT2D eigenvalue weighted by Gasteiger charge is -2.34. The zero-order valence-electron chi connectivity index (χ0n) is 24.7. The maximum absolute atomic E-state index is 13.7. The first-order chi connectivity index (χ1) is 19.9. The van der Waals surface area contributed by atoms with E-state index >= 15 is 0 Å². The number of amides is 2. The largest absolute Gasteiger partial charge is 0.444 e. The van der Waals surface area contributed by atoms with Gasteiger partial charge in [0.1, 0.15) is 12.1 Å². The molecule has 1 aliphatic rings. The van der Waals surface area contributed by atoms with Gasteiger partial charge in [0.15, 0.2) is 11.2 Å². The summed E-state index contributed by atoms with van der Waals surface area (Å²) in [6.45, 7) is 7.99. The first-order valence-corrected chi connectivity index (χ1v) is 13.8. The fraction of sp³-hybridized carbons (Fsp3) is 0.483. The summed E-state index contributed by atoms with van der Waals surface area (Å²) >= 11 is 0. The number of rotatable bonds is 7. The predicted octanol–water partition coefficient (Wildman–Crippen LogP) is 1.31. The van der Waals surface area contributed by atoms with Crippen LogP contribution >= 0.6 is 0 Å². The van der Waals surface area contributed by atoms with Crippen LogP contribution in [0, 0.1) is 11.8 Å². The van der Waals surface area contributed by atoms with Crippen molar-refractivity contribution in [3.8, 4) is 11.8 Å². The lowest BCUT2D eigenvalue weighted by atomic mass is 10.1. The Labute approximate surface area is 243 Å². The highest BCUT2D eigenvalue weighted by atomic mass is 16.6. The maximum Gasteiger partial charge on any atom is 0.407 e. The molecule has 0 radical (unpaired) electrons. The minimum atomic E-state index is -0.664. The SMILES string of the molecule is CC#CCn1c(N2CCCC(NC(=O)OC(C)(C)C)C2)nc2c1c(=O)n(CC(=O)NCc1ccccc1N)c(=O)n2C. The number of aryl methyl sites for hydroxylation is 1. The zero-order chi connectivity index (χ0) is 30.6. The Morgan fingerprint density at radius 3 is 2.62 bits per heavy atom. The van der Waals surface area contributed by atoms with E-state index in [1.54, 1.807) is 50.5 Å². The standard InChI is InChI=1S/C29H38N8O5/c1-6-7-15-36-23-24(33-26(36)35-14-10-12-20(17-35)32-27(40)42-29(2,3)4)34(5)28(41)37(25(23)39)18-22(38)31-16-19-11-8-9-13-21(19)30/h8-9,11,13,20H,10,12,14-18,30H2,1-5H3,(H,31,38)(H,32,40). The Morgan fingerprint density at radius 2 is 1.93 bits per heavy atom. The normalized spacial score (nSPS) is 15.2. The number of imidazole rings is 1. The number of nitrogen functional groups attached to an aromatic ring is 1. The van der Waals surface area contributed by atoms with Gasteiger partial charge in [0, 0.05) is 38.4 Å². The van der Waals surface area contributed by atoms with E-state index in [1.807, 2.05) is 11.0 Å². The second kappa shape index (κ2) is 12.4. The van der Waals surface area contributed by atoms with Crippen molar-refractivity contribution in [1.82, 2.24) is 29.3 Å². The molecule has 1 aromatic carbocycles. The molecule has 0 spiro atoms. The number of fused-ring (bicyclic) bond motifs is 1. The summed E-state index contributed by atoms with van der Waals surface area (Å²) in [5.74, 6) is 5.78. The van der Waals surface area contributed by atoms with Crippen LogP contribution in [-0.4, -0.2) is 55.4 Å². The molecule has 13 nitrogen and oxygen atoms in total. The third-order valence-electron chi connectivity index (χ3n) is 6.88. The number of para-hydroxylation sites is 1. The van der Waals surface area contributed by atoms with Crippen LogP contribution in [0.3, 0.4) is 0 Å². The van der Waals surface area contributed by atoms with E-state index in [2.05, 4.69) is 22.5 Å². The molecule has 1 saturated heterocycles. The molecule has 13 heteroatoms. The zero-order valence-corrected chi connectivity index (χ0v) is 24.7. The van der Waals surface area contributed by atoms with Crippen LogP contribution < -0.4 is 32.5 Å².